The summed E-state index contributed by atoms with van der Waals surface area (Å²) < 4.78 is 1.78. The fourth-order valence-electron chi connectivity index (χ4n) is 1.78. The van der Waals surface area contributed by atoms with E-state index in [1.54, 1.807) is 10.9 Å². The number of hydrogen-bond donors (Lipinski definition) is 0. The quantitative estimate of drug-likeness (QED) is 0.540. The zero-order valence-electron chi connectivity index (χ0n) is 9.00. The second-order valence-electron chi connectivity index (χ2n) is 3.58. The molecule has 4 nitrogen and oxygen atoms in total. The SMILES string of the molecule is CN=C(/C=C\n1cccn1)N1CCCC1. The molecular weight excluding hydrogens is 188 g/mol. The number of nitrogens with zero attached hydrogens (tertiary/aromatic N) is 4. The third-order valence-electron chi connectivity index (χ3n) is 2.56. The molecule has 0 saturated carbocycles. The average molecular weight is 204 g/mol. The number of hydrogen-bond acceptors (Lipinski definition) is 2. The van der Waals surface area contributed by atoms with Gasteiger partial charge >= 0.3 is 0 Å². The highest BCUT2D eigenvalue weighted by Crippen LogP contribution is 2.08. The molecule has 4 heteroatoms. The van der Waals surface area contributed by atoms with Gasteiger partial charge < -0.3 is 4.90 Å². The van der Waals surface area contributed by atoms with Crippen molar-refractivity contribution in [2.75, 3.05) is 20.1 Å². The normalized spacial score (nSPS) is 17.9. The van der Waals surface area contributed by atoms with Gasteiger partial charge in [-0.1, -0.05) is 0 Å². The summed E-state index contributed by atoms with van der Waals surface area (Å²) in [6.45, 7) is 2.24. The van der Waals surface area contributed by atoms with E-state index in [4.69, 9.17) is 0 Å². The summed E-state index contributed by atoms with van der Waals surface area (Å²) in [5.41, 5.74) is 0. The average Bonchev–Trinajstić information content (AvgIpc) is 2.90. The van der Waals surface area contributed by atoms with Crippen molar-refractivity contribution in [1.82, 2.24) is 14.7 Å². The Morgan fingerprint density at radius 3 is 2.80 bits per heavy atom. The van der Waals surface area contributed by atoms with Crippen molar-refractivity contribution in [2.45, 2.75) is 12.8 Å². The molecule has 0 unspecified atom stereocenters. The van der Waals surface area contributed by atoms with Crippen molar-refractivity contribution in [3.63, 3.8) is 0 Å². The van der Waals surface area contributed by atoms with Crippen molar-refractivity contribution in [3.05, 3.63) is 24.5 Å². The molecule has 0 aliphatic carbocycles. The molecule has 0 aromatic carbocycles. The van der Waals surface area contributed by atoms with Crippen LogP contribution in [0.4, 0.5) is 0 Å². The molecule has 0 bridgehead atoms. The molecule has 1 saturated heterocycles. The molecule has 0 amide bonds. The lowest BCUT2D eigenvalue weighted by atomic mass is 10.4. The highest BCUT2D eigenvalue weighted by atomic mass is 15.2. The fourth-order valence-corrected chi connectivity index (χ4v) is 1.78. The fraction of sp³-hybridized carbons (Fsp3) is 0.455. The summed E-state index contributed by atoms with van der Waals surface area (Å²) in [5.74, 6) is 1.04. The Hall–Kier alpha value is -1.58. The van der Waals surface area contributed by atoms with E-state index in [1.807, 2.05) is 31.6 Å². The maximum absolute atomic E-state index is 4.28. The van der Waals surface area contributed by atoms with Gasteiger partial charge in [-0.15, -0.1) is 0 Å². The summed E-state index contributed by atoms with van der Waals surface area (Å²) in [4.78, 5) is 6.59. The van der Waals surface area contributed by atoms with Crippen LogP contribution >= 0.6 is 0 Å². The maximum atomic E-state index is 4.28. The first-order chi connectivity index (χ1) is 7.40. The molecule has 1 aromatic heterocycles. The molecule has 1 aliphatic heterocycles. The van der Waals surface area contributed by atoms with Gasteiger partial charge in [0.05, 0.1) is 0 Å². The zero-order chi connectivity index (χ0) is 10.5. The van der Waals surface area contributed by atoms with Crippen molar-refractivity contribution in [1.29, 1.82) is 0 Å². The van der Waals surface area contributed by atoms with Crippen LogP contribution in [0.1, 0.15) is 12.8 Å². The van der Waals surface area contributed by atoms with E-state index in [0.29, 0.717) is 0 Å². The lowest BCUT2D eigenvalue weighted by molar-refractivity contribution is 0.522. The Morgan fingerprint density at radius 2 is 2.20 bits per heavy atom. The van der Waals surface area contributed by atoms with E-state index < -0.39 is 0 Å². The van der Waals surface area contributed by atoms with Gasteiger partial charge in [-0.3, -0.25) is 4.99 Å². The van der Waals surface area contributed by atoms with Gasteiger partial charge in [0.2, 0.25) is 0 Å². The minimum absolute atomic E-state index is 1.04. The van der Waals surface area contributed by atoms with E-state index in [9.17, 15) is 0 Å². The van der Waals surface area contributed by atoms with Crippen molar-refractivity contribution in [2.24, 2.45) is 4.99 Å². The highest BCUT2D eigenvalue weighted by Gasteiger charge is 2.13. The number of rotatable bonds is 2. The summed E-state index contributed by atoms with van der Waals surface area (Å²) in [6, 6.07) is 1.91. The Kier molecular flexibility index (Phi) is 3.17. The lowest BCUT2D eigenvalue weighted by Crippen LogP contribution is -2.25. The minimum Gasteiger partial charge on any atom is -0.357 e. The van der Waals surface area contributed by atoms with Crippen LogP contribution in [-0.4, -0.2) is 40.7 Å². The first-order valence-electron chi connectivity index (χ1n) is 5.29. The van der Waals surface area contributed by atoms with E-state index in [-0.39, 0.29) is 0 Å². The van der Waals surface area contributed by atoms with Gasteiger partial charge in [-0.05, 0) is 25.0 Å². The van der Waals surface area contributed by atoms with Crippen LogP contribution in [0.2, 0.25) is 0 Å². The van der Waals surface area contributed by atoms with Gasteiger partial charge in [0.15, 0.2) is 0 Å². The van der Waals surface area contributed by atoms with Crippen molar-refractivity contribution in [3.8, 4) is 0 Å². The van der Waals surface area contributed by atoms with Gasteiger partial charge in [-0.2, -0.15) is 5.10 Å². The lowest BCUT2D eigenvalue weighted by Gasteiger charge is -2.16. The summed E-state index contributed by atoms with van der Waals surface area (Å²) in [6.07, 6.45) is 10.2. The van der Waals surface area contributed by atoms with Gasteiger partial charge in [0, 0.05) is 38.7 Å². The number of aliphatic imine (C=N–C) groups is 1. The van der Waals surface area contributed by atoms with E-state index >= 15 is 0 Å². The van der Waals surface area contributed by atoms with Crippen LogP contribution in [0.15, 0.2) is 29.5 Å². The van der Waals surface area contributed by atoms with Crippen LogP contribution in [0, 0.1) is 0 Å². The molecule has 1 fully saturated rings. The number of likely N-dealkylation sites (tertiary alicyclic amines) is 1. The molecule has 0 atom stereocenters. The smallest absolute Gasteiger partial charge is 0.124 e. The van der Waals surface area contributed by atoms with E-state index in [0.717, 1.165) is 18.9 Å². The zero-order valence-corrected chi connectivity index (χ0v) is 9.00. The predicted molar refractivity (Wildman–Crippen MR) is 61.7 cm³/mol. The molecule has 0 spiro atoms. The Labute approximate surface area is 89.9 Å². The Morgan fingerprint density at radius 1 is 1.40 bits per heavy atom. The van der Waals surface area contributed by atoms with Gasteiger partial charge in [0.25, 0.3) is 0 Å². The molecule has 1 aliphatic rings. The standard InChI is InChI=1S/C11H16N4/c1-12-11(14-7-2-3-8-14)5-10-15-9-4-6-13-15/h4-6,9-10H,2-3,7-8H2,1H3/b10-5-,12-11?. The molecular formula is C11H16N4. The van der Waals surface area contributed by atoms with Crippen LogP contribution in [0.3, 0.4) is 0 Å². The first kappa shape index (κ1) is 9.96. The topological polar surface area (TPSA) is 33.4 Å². The largest absolute Gasteiger partial charge is 0.357 e. The molecule has 2 heterocycles. The van der Waals surface area contributed by atoms with Crippen LogP contribution < -0.4 is 0 Å². The summed E-state index contributed by atoms with van der Waals surface area (Å²) in [5, 5.41) is 4.11. The van der Waals surface area contributed by atoms with E-state index in [1.165, 1.54) is 12.8 Å². The van der Waals surface area contributed by atoms with Gasteiger partial charge in [-0.25, -0.2) is 4.68 Å². The molecule has 0 radical (unpaired) electrons. The molecule has 1 aromatic rings. The third-order valence-corrected chi connectivity index (χ3v) is 2.56. The Bertz CT molecular complexity index is 345. The van der Waals surface area contributed by atoms with Crippen molar-refractivity contribution >= 4 is 12.0 Å². The van der Waals surface area contributed by atoms with E-state index in [2.05, 4.69) is 15.0 Å². The number of aromatic nitrogens is 2. The third kappa shape index (κ3) is 2.46. The van der Waals surface area contributed by atoms with Crippen LogP contribution in [0.5, 0.6) is 0 Å². The monoisotopic (exact) mass is 204 g/mol. The molecule has 80 valence electrons. The second kappa shape index (κ2) is 4.77. The number of amidine groups is 1. The summed E-state index contributed by atoms with van der Waals surface area (Å²) in [7, 11) is 1.83. The molecule has 2 rings (SSSR count). The molecule has 0 N–H and O–H groups in total. The molecule has 15 heavy (non-hydrogen) atoms. The first-order valence-corrected chi connectivity index (χ1v) is 5.29. The highest BCUT2D eigenvalue weighted by molar-refractivity contribution is 5.95. The maximum Gasteiger partial charge on any atom is 0.124 e. The summed E-state index contributed by atoms with van der Waals surface area (Å²) >= 11 is 0. The van der Waals surface area contributed by atoms with Crippen LogP contribution in [-0.2, 0) is 0 Å². The van der Waals surface area contributed by atoms with Crippen molar-refractivity contribution < 1.29 is 0 Å². The van der Waals surface area contributed by atoms with Gasteiger partial charge in [0.1, 0.15) is 5.84 Å². The predicted octanol–water partition coefficient (Wildman–Crippen LogP) is 1.48. The Balaban J connectivity index is 2.02. The second-order valence-corrected chi connectivity index (χ2v) is 3.58. The minimum atomic E-state index is 1.04. The van der Waals surface area contributed by atoms with Crippen LogP contribution in [0.25, 0.3) is 6.20 Å².